The first kappa shape index (κ1) is 16.0. The number of hydrogen-bond acceptors (Lipinski definition) is 5. The molecule has 0 aromatic heterocycles. The van der Waals surface area contributed by atoms with Gasteiger partial charge in [0.2, 0.25) is 5.91 Å². The van der Waals surface area contributed by atoms with E-state index < -0.39 is 12.1 Å². The second-order valence-electron chi connectivity index (χ2n) is 3.46. The van der Waals surface area contributed by atoms with E-state index in [1.165, 1.54) is 13.8 Å². The van der Waals surface area contributed by atoms with Crippen molar-refractivity contribution in [3.8, 4) is 0 Å². The third kappa shape index (κ3) is 9.20. The third-order valence-electron chi connectivity index (χ3n) is 1.66. The molecule has 0 aliphatic carbocycles. The lowest BCUT2D eigenvalue weighted by atomic mass is 10.4. The molecule has 0 heterocycles. The van der Waals surface area contributed by atoms with E-state index in [1.54, 1.807) is 0 Å². The predicted octanol–water partition coefficient (Wildman–Crippen LogP) is -0.0320. The van der Waals surface area contributed by atoms with Gasteiger partial charge in [0.15, 0.2) is 0 Å². The molecule has 18 heavy (non-hydrogen) atoms. The van der Waals surface area contributed by atoms with Crippen molar-refractivity contribution >= 4 is 18.0 Å². The Bertz CT molecular complexity index is 327. The second kappa shape index (κ2) is 9.03. The van der Waals surface area contributed by atoms with Crippen LogP contribution in [0.1, 0.15) is 13.8 Å². The fraction of sp³-hybridized carbons (Fsp3) is 0.545. The summed E-state index contributed by atoms with van der Waals surface area (Å²) in [6.07, 6.45) is -0.633. The first-order valence-electron chi connectivity index (χ1n) is 5.41. The highest BCUT2D eigenvalue weighted by atomic mass is 16.6. The molecule has 2 N–H and O–H groups in total. The van der Waals surface area contributed by atoms with Crippen molar-refractivity contribution in [3.05, 3.63) is 12.2 Å². The van der Waals surface area contributed by atoms with Crippen LogP contribution in [0.4, 0.5) is 4.79 Å². The van der Waals surface area contributed by atoms with Gasteiger partial charge in [-0.2, -0.15) is 0 Å². The molecule has 0 rings (SSSR count). The Labute approximate surface area is 106 Å². The second-order valence-corrected chi connectivity index (χ2v) is 3.46. The summed E-state index contributed by atoms with van der Waals surface area (Å²) in [6, 6.07) is 0. The monoisotopic (exact) mass is 258 g/mol. The van der Waals surface area contributed by atoms with Crippen molar-refractivity contribution in [3.63, 3.8) is 0 Å². The Morgan fingerprint density at radius 2 is 1.56 bits per heavy atom. The molecule has 0 aromatic rings. The average molecular weight is 258 g/mol. The molecule has 2 amide bonds. The number of amides is 2. The van der Waals surface area contributed by atoms with Gasteiger partial charge >= 0.3 is 12.1 Å². The van der Waals surface area contributed by atoms with Crippen LogP contribution in [-0.4, -0.2) is 44.3 Å². The number of nitrogens with one attached hydrogen (secondary N) is 2. The minimum absolute atomic E-state index is 0.0481. The normalized spacial score (nSPS) is 9.22. The zero-order chi connectivity index (χ0) is 14.0. The van der Waals surface area contributed by atoms with Gasteiger partial charge in [-0.25, -0.2) is 9.59 Å². The number of alkyl carbamates (subject to hydrolysis) is 1. The summed E-state index contributed by atoms with van der Waals surface area (Å²) in [4.78, 5) is 32.5. The molecule has 0 atom stereocenters. The van der Waals surface area contributed by atoms with E-state index in [0.717, 1.165) is 0 Å². The Balaban J connectivity index is 3.45. The SMILES string of the molecule is C=C(C)C(=O)OCCNC(=O)OCCNC(C)=O. The summed E-state index contributed by atoms with van der Waals surface area (Å²) >= 11 is 0. The van der Waals surface area contributed by atoms with Crippen LogP contribution >= 0.6 is 0 Å². The Morgan fingerprint density at radius 3 is 2.11 bits per heavy atom. The Hall–Kier alpha value is -2.05. The molecule has 0 unspecified atom stereocenters. The average Bonchev–Trinajstić information content (AvgIpc) is 2.29. The van der Waals surface area contributed by atoms with Crippen molar-refractivity contribution in [2.75, 3.05) is 26.3 Å². The maximum atomic E-state index is 11.1. The molecule has 0 aliphatic rings. The van der Waals surface area contributed by atoms with Crippen LogP contribution in [0.2, 0.25) is 0 Å². The molecule has 0 saturated heterocycles. The lowest BCUT2D eigenvalue weighted by molar-refractivity contribution is -0.138. The quantitative estimate of drug-likeness (QED) is 0.380. The van der Waals surface area contributed by atoms with Crippen LogP contribution in [0.15, 0.2) is 12.2 Å². The van der Waals surface area contributed by atoms with E-state index in [2.05, 4.69) is 17.2 Å². The van der Waals surface area contributed by atoms with Crippen LogP contribution < -0.4 is 10.6 Å². The van der Waals surface area contributed by atoms with E-state index in [1.807, 2.05) is 0 Å². The maximum Gasteiger partial charge on any atom is 0.407 e. The lowest BCUT2D eigenvalue weighted by Gasteiger charge is -2.07. The zero-order valence-corrected chi connectivity index (χ0v) is 10.6. The van der Waals surface area contributed by atoms with Gasteiger partial charge in [-0.3, -0.25) is 4.79 Å². The number of rotatable bonds is 7. The molecule has 0 fully saturated rings. The van der Waals surface area contributed by atoms with Crippen LogP contribution in [-0.2, 0) is 19.1 Å². The summed E-state index contributed by atoms with van der Waals surface area (Å²) in [5.74, 6) is -0.693. The molecular formula is C11H18N2O5. The van der Waals surface area contributed by atoms with Gasteiger partial charge in [0.1, 0.15) is 13.2 Å². The fourth-order valence-corrected chi connectivity index (χ4v) is 0.842. The first-order chi connectivity index (χ1) is 8.43. The van der Waals surface area contributed by atoms with Crippen molar-refractivity contribution in [2.24, 2.45) is 0 Å². The minimum Gasteiger partial charge on any atom is -0.460 e. The highest BCUT2D eigenvalue weighted by Crippen LogP contribution is 1.90. The van der Waals surface area contributed by atoms with E-state index in [4.69, 9.17) is 9.47 Å². The zero-order valence-electron chi connectivity index (χ0n) is 10.6. The standard InChI is InChI=1S/C11H18N2O5/c1-8(2)10(15)17-6-5-13-11(16)18-7-4-12-9(3)14/h1,4-7H2,2-3H3,(H,12,14)(H,13,16). The van der Waals surface area contributed by atoms with Gasteiger partial charge in [-0.15, -0.1) is 0 Å². The molecule has 0 bridgehead atoms. The number of esters is 1. The summed E-state index contributed by atoms with van der Waals surface area (Å²) < 4.78 is 9.47. The van der Waals surface area contributed by atoms with Gasteiger partial charge in [0, 0.05) is 12.5 Å². The smallest absolute Gasteiger partial charge is 0.407 e. The summed E-state index contributed by atoms with van der Waals surface area (Å²) in [6.45, 7) is 6.85. The van der Waals surface area contributed by atoms with Crippen LogP contribution in [0.3, 0.4) is 0 Å². The van der Waals surface area contributed by atoms with Gasteiger partial charge in [0.25, 0.3) is 0 Å². The largest absolute Gasteiger partial charge is 0.460 e. The Morgan fingerprint density at radius 1 is 1.00 bits per heavy atom. The molecule has 0 aliphatic heterocycles. The van der Waals surface area contributed by atoms with Crippen LogP contribution in [0.5, 0.6) is 0 Å². The Kier molecular flexibility index (Phi) is 8.00. The van der Waals surface area contributed by atoms with Crippen LogP contribution in [0, 0.1) is 0 Å². The molecule has 0 spiro atoms. The van der Waals surface area contributed by atoms with Gasteiger partial charge in [0.05, 0.1) is 13.1 Å². The van der Waals surface area contributed by atoms with Gasteiger partial charge < -0.3 is 20.1 Å². The molecule has 7 heteroatoms. The number of carbonyl (C=O) groups is 3. The summed E-state index contributed by atoms with van der Waals surface area (Å²) in [7, 11) is 0. The fourth-order valence-electron chi connectivity index (χ4n) is 0.842. The van der Waals surface area contributed by atoms with Crippen LogP contribution in [0.25, 0.3) is 0 Å². The first-order valence-corrected chi connectivity index (χ1v) is 5.41. The molecule has 0 aromatic carbocycles. The summed E-state index contributed by atoms with van der Waals surface area (Å²) in [5, 5.41) is 4.86. The highest BCUT2D eigenvalue weighted by Gasteiger charge is 2.04. The van der Waals surface area contributed by atoms with E-state index in [9.17, 15) is 14.4 Å². The van der Waals surface area contributed by atoms with Gasteiger partial charge in [-0.1, -0.05) is 6.58 Å². The third-order valence-corrected chi connectivity index (χ3v) is 1.66. The van der Waals surface area contributed by atoms with E-state index in [-0.39, 0.29) is 32.2 Å². The topological polar surface area (TPSA) is 93.7 Å². The predicted molar refractivity (Wildman–Crippen MR) is 63.8 cm³/mol. The van der Waals surface area contributed by atoms with Crippen molar-refractivity contribution in [1.82, 2.24) is 10.6 Å². The van der Waals surface area contributed by atoms with E-state index in [0.29, 0.717) is 5.57 Å². The van der Waals surface area contributed by atoms with Crippen molar-refractivity contribution < 1.29 is 23.9 Å². The minimum atomic E-state index is -0.633. The van der Waals surface area contributed by atoms with Crippen molar-refractivity contribution in [1.29, 1.82) is 0 Å². The molecule has 0 radical (unpaired) electrons. The summed E-state index contributed by atoms with van der Waals surface area (Å²) in [5.41, 5.74) is 0.299. The number of carbonyl (C=O) groups excluding carboxylic acids is 3. The number of hydrogen-bond donors (Lipinski definition) is 2. The highest BCUT2D eigenvalue weighted by molar-refractivity contribution is 5.86. The molecule has 7 nitrogen and oxygen atoms in total. The van der Waals surface area contributed by atoms with Gasteiger partial charge in [-0.05, 0) is 6.92 Å². The molecule has 0 saturated carbocycles. The van der Waals surface area contributed by atoms with E-state index >= 15 is 0 Å². The number of ether oxygens (including phenoxy) is 2. The van der Waals surface area contributed by atoms with Crippen molar-refractivity contribution in [2.45, 2.75) is 13.8 Å². The maximum absolute atomic E-state index is 11.1. The molecule has 102 valence electrons. The lowest BCUT2D eigenvalue weighted by Crippen LogP contribution is -2.31. The molecular weight excluding hydrogens is 240 g/mol.